The summed E-state index contributed by atoms with van der Waals surface area (Å²) < 4.78 is 16.8. The maximum atomic E-state index is 12.8. The normalized spacial score (nSPS) is 12.3. The number of hydrogen-bond acceptors (Lipinski definition) is 6. The highest BCUT2D eigenvalue weighted by Gasteiger charge is 2.19. The first kappa shape index (κ1) is 70.4. The number of ether oxygens (including phenoxy) is 3. The maximum absolute atomic E-state index is 12.8. The van der Waals surface area contributed by atoms with E-state index in [1.807, 2.05) is 0 Å². The Labute approximate surface area is 454 Å². The van der Waals surface area contributed by atoms with Crippen LogP contribution < -0.4 is 0 Å². The lowest BCUT2D eigenvalue weighted by Gasteiger charge is -2.18. The number of hydrogen-bond donors (Lipinski definition) is 0. The van der Waals surface area contributed by atoms with Crippen LogP contribution in [0, 0.1) is 0 Å². The molecule has 1 atom stereocenters. The van der Waals surface area contributed by atoms with E-state index in [0.29, 0.717) is 19.3 Å². The summed E-state index contributed by atoms with van der Waals surface area (Å²) in [6, 6.07) is 0. The van der Waals surface area contributed by atoms with Crippen LogP contribution in [0.1, 0.15) is 342 Å². The molecule has 6 heteroatoms. The van der Waals surface area contributed by atoms with Crippen molar-refractivity contribution in [3.8, 4) is 0 Å². The van der Waals surface area contributed by atoms with E-state index < -0.39 is 6.10 Å². The first-order valence-electron chi connectivity index (χ1n) is 32.1. The van der Waals surface area contributed by atoms with Crippen LogP contribution in [0.4, 0.5) is 0 Å². The van der Waals surface area contributed by atoms with Crippen LogP contribution in [0.3, 0.4) is 0 Å². The first-order valence-corrected chi connectivity index (χ1v) is 32.1. The van der Waals surface area contributed by atoms with Crippen LogP contribution in [0.5, 0.6) is 0 Å². The highest BCUT2D eigenvalue weighted by molar-refractivity contribution is 5.71. The largest absolute Gasteiger partial charge is 0.462 e. The van der Waals surface area contributed by atoms with E-state index in [4.69, 9.17) is 14.2 Å². The van der Waals surface area contributed by atoms with Gasteiger partial charge in [0.2, 0.25) is 0 Å². The third kappa shape index (κ3) is 60.1. The Kier molecular flexibility index (Phi) is 59.7. The third-order valence-corrected chi connectivity index (χ3v) is 14.3. The number of carbonyl (C=O) groups excluding carboxylic acids is 3. The molecule has 0 saturated carbocycles. The van der Waals surface area contributed by atoms with Crippen LogP contribution in [0.25, 0.3) is 0 Å². The summed E-state index contributed by atoms with van der Waals surface area (Å²) in [5.41, 5.74) is 0. The van der Waals surface area contributed by atoms with Gasteiger partial charge in [-0.3, -0.25) is 14.4 Å². The van der Waals surface area contributed by atoms with Gasteiger partial charge in [0, 0.05) is 19.3 Å². The summed E-state index contributed by atoms with van der Waals surface area (Å²) in [6.45, 7) is 6.50. The molecular weight excluding hydrogens is 901 g/mol. The fourth-order valence-electron chi connectivity index (χ4n) is 9.56. The van der Waals surface area contributed by atoms with Gasteiger partial charge in [-0.05, 0) is 57.8 Å². The minimum atomic E-state index is -0.768. The number of unbranched alkanes of at least 4 members (excludes halogenated alkanes) is 40. The summed E-state index contributed by atoms with van der Waals surface area (Å²) in [5, 5.41) is 0. The Morgan fingerprint density at radius 1 is 0.288 bits per heavy atom. The van der Waals surface area contributed by atoms with Crippen LogP contribution in [-0.2, 0) is 28.6 Å². The van der Waals surface area contributed by atoms with Gasteiger partial charge in [-0.25, -0.2) is 0 Å². The molecule has 426 valence electrons. The number of carbonyl (C=O) groups is 3. The van der Waals surface area contributed by atoms with Gasteiger partial charge in [0.25, 0.3) is 0 Å². The summed E-state index contributed by atoms with van der Waals surface area (Å²) in [4.78, 5) is 37.9. The highest BCUT2D eigenvalue weighted by Crippen LogP contribution is 2.18. The molecule has 0 N–H and O–H groups in total. The molecule has 6 nitrogen and oxygen atoms in total. The van der Waals surface area contributed by atoms with Gasteiger partial charge in [-0.15, -0.1) is 0 Å². The lowest BCUT2D eigenvalue weighted by Crippen LogP contribution is -2.30. The molecule has 0 aromatic carbocycles. The lowest BCUT2D eigenvalue weighted by atomic mass is 10.0. The summed E-state index contributed by atoms with van der Waals surface area (Å²) in [5.74, 6) is -0.866. The van der Waals surface area contributed by atoms with Crippen molar-refractivity contribution in [2.75, 3.05) is 13.2 Å². The van der Waals surface area contributed by atoms with Crippen molar-refractivity contribution in [2.45, 2.75) is 348 Å². The van der Waals surface area contributed by atoms with Gasteiger partial charge in [0.05, 0.1) is 0 Å². The second-order valence-electron chi connectivity index (χ2n) is 21.7. The van der Waals surface area contributed by atoms with Gasteiger partial charge in [0.1, 0.15) is 13.2 Å². The van der Waals surface area contributed by atoms with Gasteiger partial charge in [-0.2, -0.15) is 0 Å². The molecule has 0 amide bonds. The molecule has 73 heavy (non-hydrogen) atoms. The molecule has 0 aliphatic carbocycles. The molecule has 0 aliphatic heterocycles. The minimum Gasteiger partial charge on any atom is -0.462 e. The Balaban J connectivity index is 3.99. The molecule has 0 radical (unpaired) electrons. The fourth-order valence-corrected chi connectivity index (χ4v) is 9.56. The number of allylic oxidation sites excluding steroid dienone is 8. The maximum Gasteiger partial charge on any atom is 0.306 e. The van der Waals surface area contributed by atoms with E-state index >= 15 is 0 Å². The Hall–Kier alpha value is -2.63. The van der Waals surface area contributed by atoms with E-state index in [1.54, 1.807) is 0 Å². The van der Waals surface area contributed by atoms with Gasteiger partial charge < -0.3 is 14.2 Å². The zero-order valence-electron chi connectivity index (χ0n) is 48.9. The SMILES string of the molecule is CC/C=C\C/C=C\C/C=C\C/C=C\CCCCCCCCCCCCCCC(=O)OCC(COC(=O)CCCCCCC)OC(=O)CCCCCCCCCCCCCCCCCCCCCCCCCCC. The molecule has 0 bridgehead atoms. The predicted octanol–water partition coefficient (Wildman–Crippen LogP) is 21.8. The summed E-state index contributed by atoms with van der Waals surface area (Å²) in [7, 11) is 0. The average molecular weight is 1020 g/mol. The monoisotopic (exact) mass is 1020 g/mol. The van der Waals surface area contributed by atoms with Crippen LogP contribution >= 0.6 is 0 Å². The molecule has 0 fully saturated rings. The van der Waals surface area contributed by atoms with Gasteiger partial charge >= 0.3 is 17.9 Å². The molecule has 1 unspecified atom stereocenters. The molecule has 0 heterocycles. The van der Waals surface area contributed by atoms with E-state index in [2.05, 4.69) is 69.4 Å². The summed E-state index contributed by atoms with van der Waals surface area (Å²) >= 11 is 0. The standard InChI is InChI=1S/C67H122O6/c1-4-7-10-13-15-17-19-21-23-25-27-29-31-33-35-37-39-41-43-45-47-49-51-54-57-60-66(69)72-63-64(62-71-65(68)59-56-53-12-9-6-3)73-67(70)61-58-55-52-50-48-46-44-42-40-38-36-34-32-30-28-26-24-22-20-18-16-14-11-8-5-2/h7,10,15,17,21,23,27,29,64H,4-6,8-9,11-14,16,18-20,22,24-26,28,30-63H2,1-3H3/b10-7-,17-15-,23-21-,29-27-. The third-order valence-electron chi connectivity index (χ3n) is 14.3. The van der Waals surface area contributed by atoms with Crippen molar-refractivity contribution in [1.82, 2.24) is 0 Å². The molecule has 0 spiro atoms. The van der Waals surface area contributed by atoms with Crippen LogP contribution in [0.15, 0.2) is 48.6 Å². The van der Waals surface area contributed by atoms with E-state index in [-0.39, 0.29) is 31.1 Å². The van der Waals surface area contributed by atoms with Crippen molar-refractivity contribution in [3.05, 3.63) is 48.6 Å². The van der Waals surface area contributed by atoms with Crippen molar-refractivity contribution in [1.29, 1.82) is 0 Å². The first-order chi connectivity index (χ1) is 36.0. The molecular formula is C67H122O6. The van der Waals surface area contributed by atoms with E-state index in [1.165, 1.54) is 212 Å². The average Bonchev–Trinajstić information content (AvgIpc) is 3.39. The Morgan fingerprint density at radius 3 is 0.836 bits per heavy atom. The molecule has 0 aliphatic rings. The van der Waals surface area contributed by atoms with Crippen molar-refractivity contribution in [3.63, 3.8) is 0 Å². The molecule has 0 aromatic heterocycles. The topological polar surface area (TPSA) is 78.9 Å². The van der Waals surface area contributed by atoms with E-state index in [0.717, 1.165) is 89.9 Å². The van der Waals surface area contributed by atoms with Crippen LogP contribution in [0.2, 0.25) is 0 Å². The highest BCUT2D eigenvalue weighted by atomic mass is 16.6. The zero-order chi connectivity index (χ0) is 52.9. The number of rotatable bonds is 59. The fraction of sp³-hybridized carbons (Fsp3) is 0.836. The Bertz CT molecular complexity index is 1270. The molecule has 0 saturated heterocycles. The Morgan fingerprint density at radius 2 is 0.534 bits per heavy atom. The van der Waals surface area contributed by atoms with Crippen molar-refractivity contribution >= 4 is 17.9 Å². The zero-order valence-corrected chi connectivity index (χ0v) is 48.9. The van der Waals surface area contributed by atoms with Crippen molar-refractivity contribution in [2.24, 2.45) is 0 Å². The predicted molar refractivity (Wildman–Crippen MR) is 316 cm³/mol. The summed E-state index contributed by atoms with van der Waals surface area (Å²) in [6.07, 6.45) is 77.5. The lowest BCUT2D eigenvalue weighted by molar-refractivity contribution is -0.167. The molecule has 0 rings (SSSR count). The second kappa shape index (κ2) is 61.9. The van der Waals surface area contributed by atoms with Gasteiger partial charge in [-0.1, -0.05) is 313 Å². The van der Waals surface area contributed by atoms with E-state index in [9.17, 15) is 14.4 Å². The smallest absolute Gasteiger partial charge is 0.306 e. The second-order valence-corrected chi connectivity index (χ2v) is 21.7. The number of esters is 3. The van der Waals surface area contributed by atoms with Crippen LogP contribution in [-0.4, -0.2) is 37.2 Å². The minimum absolute atomic E-state index is 0.0703. The van der Waals surface area contributed by atoms with Crippen molar-refractivity contribution < 1.29 is 28.6 Å². The van der Waals surface area contributed by atoms with Gasteiger partial charge in [0.15, 0.2) is 6.10 Å². The molecule has 0 aromatic rings. The quantitative estimate of drug-likeness (QED) is 0.0261.